The van der Waals surface area contributed by atoms with Crippen LogP contribution < -0.4 is 4.74 Å². The molecule has 0 atom stereocenters. The van der Waals surface area contributed by atoms with Gasteiger partial charge in [-0.2, -0.15) is 0 Å². The van der Waals surface area contributed by atoms with Crippen molar-refractivity contribution in [2.24, 2.45) is 0 Å². The smallest absolute Gasteiger partial charge is 0.405 e. The van der Waals surface area contributed by atoms with Gasteiger partial charge in [0.1, 0.15) is 11.6 Å². The Morgan fingerprint density at radius 2 is 1.94 bits per heavy atom. The zero-order valence-electron chi connectivity index (χ0n) is 8.48. The lowest BCUT2D eigenvalue weighted by Crippen LogP contribution is -2.17. The predicted octanol–water partition coefficient (Wildman–Crippen LogP) is 4.19. The molecule has 0 radical (unpaired) electrons. The van der Waals surface area contributed by atoms with Crippen LogP contribution in [0.2, 0.25) is 0 Å². The molecule has 92 valence electrons. The average molecular weight is 359 g/mol. The molecular weight excluding hydrogens is 353 g/mol. The third-order valence-electron chi connectivity index (χ3n) is 2.21. The molecule has 0 aliphatic rings. The summed E-state index contributed by atoms with van der Waals surface area (Å²) in [6, 6.07) is 3.38. The SMILES string of the molecule is Cc1cc2c(OC(F)(F)F)ccc(F)c2n1I. The van der Waals surface area contributed by atoms with Gasteiger partial charge in [-0.3, -0.25) is 2.78 Å². The Balaban J connectivity index is 2.67. The number of nitrogens with zero attached hydrogens (tertiary/aromatic N) is 1. The van der Waals surface area contributed by atoms with Crippen molar-refractivity contribution in [1.29, 1.82) is 0 Å². The van der Waals surface area contributed by atoms with Crippen LogP contribution >= 0.6 is 22.9 Å². The number of alkyl halides is 3. The lowest BCUT2D eigenvalue weighted by Gasteiger charge is -2.10. The van der Waals surface area contributed by atoms with Gasteiger partial charge in [-0.15, -0.1) is 13.2 Å². The Morgan fingerprint density at radius 1 is 1.29 bits per heavy atom. The molecule has 2 aromatic rings. The van der Waals surface area contributed by atoms with Gasteiger partial charge in [0.2, 0.25) is 0 Å². The predicted molar refractivity (Wildman–Crippen MR) is 62.7 cm³/mol. The van der Waals surface area contributed by atoms with Crippen molar-refractivity contribution in [1.82, 2.24) is 2.78 Å². The van der Waals surface area contributed by atoms with Crippen molar-refractivity contribution in [2.45, 2.75) is 13.3 Å². The number of hydrogen-bond acceptors (Lipinski definition) is 1. The second-order valence-corrected chi connectivity index (χ2v) is 4.39. The monoisotopic (exact) mass is 359 g/mol. The van der Waals surface area contributed by atoms with Gasteiger partial charge in [0.25, 0.3) is 0 Å². The lowest BCUT2D eigenvalue weighted by atomic mass is 10.2. The molecule has 1 aromatic heterocycles. The molecule has 7 heteroatoms. The van der Waals surface area contributed by atoms with E-state index in [1.807, 2.05) is 22.9 Å². The summed E-state index contributed by atoms with van der Waals surface area (Å²) in [5.74, 6) is -0.982. The largest absolute Gasteiger partial charge is 0.573 e. The van der Waals surface area contributed by atoms with Gasteiger partial charge in [-0.25, -0.2) is 4.39 Å². The van der Waals surface area contributed by atoms with Gasteiger partial charge >= 0.3 is 6.36 Å². The van der Waals surface area contributed by atoms with Crippen molar-refractivity contribution in [3.63, 3.8) is 0 Å². The van der Waals surface area contributed by atoms with Gasteiger partial charge in [0.05, 0.1) is 28.4 Å². The van der Waals surface area contributed by atoms with Gasteiger partial charge < -0.3 is 4.74 Å². The van der Waals surface area contributed by atoms with Crippen molar-refractivity contribution < 1.29 is 22.3 Å². The van der Waals surface area contributed by atoms with E-state index in [-0.39, 0.29) is 10.9 Å². The minimum Gasteiger partial charge on any atom is -0.405 e. The quantitative estimate of drug-likeness (QED) is 0.550. The minimum absolute atomic E-state index is 0.0878. The molecule has 0 amide bonds. The van der Waals surface area contributed by atoms with Gasteiger partial charge in [-0.05, 0) is 25.1 Å². The molecule has 0 unspecified atom stereocenters. The fraction of sp³-hybridized carbons (Fsp3) is 0.200. The number of hydrogen-bond donors (Lipinski definition) is 0. The van der Waals surface area contributed by atoms with Crippen LogP contribution in [-0.4, -0.2) is 9.14 Å². The van der Waals surface area contributed by atoms with Crippen LogP contribution in [0.5, 0.6) is 5.75 Å². The van der Waals surface area contributed by atoms with Crippen LogP contribution in [-0.2, 0) is 0 Å². The van der Waals surface area contributed by atoms with Crippen LogP contribution in [0.25, 0.3) is 10.9 Å². The Bertz CT molecular complexity index is 576. The normalized spacial score (nSPS) is 12.1. The maximum atomic E-state index is 13.5. The first-order valence-electron chi connectivity index (χ1n) is 4.52. The Hall–Kier alpha value is -0.990. The maximum Gasteiger partial charge on any atom is 0.573 e. The van der Waals surface area contributed by atoms with E-state index < -0.39 is 17.9 Å². The molecule has 0 bridgehead atoms. The van der Waals surface area contributed by atoms with Crippen LogP contribution in [0.3, 0.4) is 0 Å². The summed E-state index contributed by atoms with van der Waals surface area (Å²) in [6.07, 6.45) is -4.79. The van der Waals surface area contributed by atoms with E-state index in [9.17, 15) is 17.6 Å². The van der Waals surface area contributed by atoms with Crippen LogP contribution in [0.1, 0.15) is 5.69 Å². The molecular formula is C10H6F4INO. The first-order chi connectivity index (χ1) is 7.79. The number of benzene rings is 1. The van der Waals surface area contributed by atoms with Crippen LogP contribution in [0, 0.1) is 12.7 Å². The highest BCUT2D eigenvalue weighted by atomic mass is 127. The van der Waals surface area contributed by atoms with E-state index in [1.165, 1.54) is 8.85 Å². The van der Waals surface area contributed by atoms with E-state index in [2.05, 4.69) is 4.74 Å². The van der Waals surface area contributed by atoms with Crippen LogP contribution in [0.4, 0.5) is 17.6 Å². The number of aryl methyl sites for hydroxylation is 1. The fourth-order valence-corrected chi connectivity index (χ4v) is 2.19. The number of halogens is 5. The summed E-state index contributed by atoms with van der Waals surface area (Å²) in [5.41, 5.74) is 0.725. The third kappa shape index (κ3) is 2.33. The van der Waals surface area contributed by atoms with Gasteiger partial charge in [0, 0.05) is 11.1 Å². The fourth-order valence-electron chi connectivity index (χ4n) is 1.56. The Morgan fingerprint density at radius 3 is 2.53 bits per heavy atom. The van der Waals surface area contributed by atoms with Crippen molar-refractivity contribution in [3.05, 3.63) is 29.7 Å². The molecule has 0 saturated carbocycles. The Kier molecular flexibility index (Phi) is 2.96. The topological polar surface area (TPSA) is 14.2 Å². The molecule has 1 heterocycles. The van der Waals surface area contributed by atoms with Crippen LogP contribution in [0.15, 0.2) is 18.2 Å². The molecule has 0 fully saturated rings. The first-order valence-corrected chi connectivity index (χ1v) is 5.48. The standard InChI is InChI=1S/C10H6F4INO/c1-5-4-6-8(17-10(12,13)14)3-2-7(11)9(6)16(5)15/h2-4H,1H3. The number of rotatable bonds is 1. The van der Waals surface area contributed by atoms with Crippen molar-refractivity contribution in [2.75, 3.05) is 0 Å². The van der Waals surface area contributed by atoms with Crippen molar-refractivity contribution >= 4 is 33.8 Å². The number of fused-ring (bicyclic) bond motifs is 1. The molecule has 0 spiro atoms. The lowest BCUT2D eigenvalue weighted by molar-refractivity contribution is -0.274. The van der Waals surface area contributed by atoms with E-state index in [4.69, 9.17) is 0 Å². The maximum absolute atomic E-state index is 13.5. The highest BCUT2D eigenvalue weighted by molar-refractivity contribution is 14.1. The highest BCUT2D eigenvalue weighted by Crippen LogP contribution is 2.34. The average Bonchev–Trinajstić information content (AvgIpc) is 2.48. The van der Waals surface area contributed by atoms with E-state index in [0.717, 1.165) is 12.1 Å². The summed E-state index contributed by atoms with van der Waals surface area (Å²) in [6.45, 7) is 1.67. The second kappa shape index (κ2) is 4.04. The summed E-state index contributed by atoms with van der Waals surface area (Å²) >= 11 is 1.82. The van der Waals surface area contributed by atoms with Gasteiger partial charge in [-0.1, -0.05) is 0 Å². The van der Waals surface area contributed by atoms with Crippen molar-refractivity contribution in [3.8, 4) is 5.75 Å². The first kappa shape index (κ1) is 12.5. The van der Waals surface area contributed by atoms with Gasteiger partial charge in [0.15, 0.2) is 0 Å². The summed E-state index contributed by atoms with van der Waals surface area (Å²) < 4.78 is 55.3. The number of aromatic nitrogens is 1. The molecule has 1 aromatic carbocycles. The number of ether oxygens (including phenoxy) is 1. The Labute approximate surface area is 108 Å². The molecule has 0 aliphatic carbocycles. The minimum atomic E-state index is -4.79. The zero-order chi connectivity index (χ0) is 12.8. The molecule has 0 aliphatic heterocycles. The summed E-state index contributed by atoms with van der Waals surface area (Å²) in [7, 11) is 0. The second-order valence-electron chi connectivity index (χ2n) is 3.42. The highest BCUT2D eigenvalue weighted by Gasteiger charge is 2.32. The third-order valence-corrected chi connectivity index (χ3v) is 3.46. The molecule has 0 N–H and O–H groups in total. The van der Waals surface area contributed by atoms with E-state index in [1.54, 1.807) is 6.92 Å². The molecule has 17 heavy (non-hydrogen) atoms. The molecule has 2 nitrogen and oxygen atoms in total. The zero-order valence-corrected chi connectivity index (χ0v) is 10.6. The van der Waals surface area contributed by atoms with E-state index >= 15 is 0 Å². The summed E-state index contributed by atoms with van der Waals surface area (Å²) in [5, 5.41) is 0.106. The molecule has 2 rings (SSSR count). The van der Waals surface area contributed by atoms with E-state index in [0.29, 0.717) is 5.69 Å². The molecule has 0 saturated heterocycles. The summed E-state index contributed by atoms with van der Waals surface area (Å²) in [4.78, 5) is 0.